The molecule has 186 valence electrons. The van der Waals surface area contributed by atoms with E-state index in [9.17, 15) is 14.4 Å². The molecule has 3 aromatic carbocycles. The number of nitrogens with zero attached hydrogens (tertiary/aromatic N) is 1. The van der Waals surface area contributed by atoms with Crippen molar-refractivity contribution in [3.05, 3.63) is 95.1 Å². The Kier molecular flexibility index (Phi) is 7.53. The number of benzene rings is 3. The fraction of sp³-hybridized carbons (Fsp3) is 0.250. The van der Waals surface area contributed by atoms with E-state index >= 15 is 0 Å². The Bertz CT molecular complexity index is 1240. The number of methoxy groups -OCH3 is 1. The molecule has 0 aliphatic carbocycles. The van der Waals surface area contributed by atoms with Crippen molar-refractivity contribution in [1.82, 2.24) is 10.2 Å². The molecule has 2 atom stereocenters. The van der Waals surface area contributed by atoms with Crippen molar-refractivity contribution < 1.29 is 23.9 Å². The zero-order valence-electron chi connectivity index (χ0n) is 20.5. The van der Waals surface area contributed by atoms with Gasteiger partial charge in [0.2, 0.25) is 5.91 Å². The Morgan fingerprint density at radius 1 is 1.03 bits per heavy atom. The van der Waals surface area contributed by atoms with Crippen LogP contribution >= 0.6 is 0 Å². The van der Waals surface area contributed by atoms with Gasteiger partial charge in [-0.3, -0.25) is 14.5 Å². The number of carbonyl (C=O) groups is 3. The lowest BCUT2D eigenvalue weighted by atomic mass is 10.00. The molecule has 8 heteroatoms. The van der Waals surface area contributed by atoms with Crippen LogP contribution in [-0.2, 0) is 16.1 Å². The van der Waals surface area contributed by atoms with E-state index in [1.54, 1.807) is 55.6 Å². The average molecular weight is 488 g/mol. The smallest absolute Gasteiger partial charge is 0.411 e. The molecule has 1 aliphatic rings. The molecule has 0 radical (unpaired) electrons. The minimum absolute atomic E-state index is 0.241. The van der Waals surface area contributed by atoms with E-state index < -0.39 is 18.2 Å². The van der Waals surface area contributed by atoms with E-state index in [-0.39, 0.29) is 18.4 Å². The summed E-state index contributed by atoms with van der Waals surface area (Å²) in [7, 11) is 1.56. The average Bonchev–Trinajstić information content (AvgIpc) is 3.21. The van der Waals surface area contributed by atoms with Crippen LogP contribution in [0.4, 0.5) is 10.5 Å². The number of hydrogen-bond donors (Lipinski definition) is 2. The van der Waals surface area contributed by atoms with Crippen molar-refractivity contribution >= 4 is 23.6 Å². The second-order valence-electron chi connectivity index (χ2n) is 8.57. The van der Waals surface area contributed by atoms with Crippen molar-refractivity contribution in [2.45, 2.75) is 32.5 Å². The van der Waals surface area contributed by atoms with Crippen LogP contribution in [0.25, 0.3) is 0 Å². The van der Waals surface area contributed by atoms with Crippen LogP contribution < -0.4 is 15.4 Å². The van der Waals surface area contributed by atoms with Gasteiger partial charge in [0.15, 0.2) is 12.1 Å². The highest BCUT2D eigenvalue weighted by atomic mass is 16.6. The van der Waals surface area contributed by atoms with E-state index in [1.165, 1.54) is 4.90 Å². The van der Waals surface area contributed by atoms with E-state index in [4.69, 9.17) is 9.47 Å². The molecule has 1 aliphatic heterocycles. The van der Waals surface area contributed by atoms with Crippen LogP contribution in [0.15, 0.2) is 72.8 Å². The Hall–Kier alpha value is -4.33. The number of anilines is 1. The lowest BCUT2D eigenvalue weighted by molar-refractivity contribution is -0.126. The summed E-state index contributed by atoms with van der Waals surface area (Å²) in [5, 5.41) is 5.68. The number of rotatable bonds is 8. The van der Waals surface area contributed by atoms with Gasteiger partial charge in [-0.1, -0.05) is 42.0 Å². The molecule has 1 saturated heterocycles. The molecule has 3 aromatic rings. The standard InChI is InChI=1S/C28H29N3O5/c1-4-29-27(33)24-25(36-28(34)31(24)17-19-10-8-18(2)9-11-19)21-6-5-7-22(16-21)30-26(32)20-12-14-23(35-3)15-13-20/h5-16,24-25H,4,17H2,1-3H3,(H,29,33)(H,30,32)/t24-,25+/m0/s1. The number of aryl methyl sites for hydroxylation is 1. The van der Waals surface area contributed by atoms with Gasteiger partial charge in [0.05, 0.1) is 13.7 Å². The van der Waals surface area contributed by atoms with Gasteiger partial charge in [-0.25, -0.2) is 4.79 Å². The Balaban J connectivity index is 1.57. The Morgan fingerprint density at radius 2 is 1.75 bits per heavy atom. The molecule has 0 unspecified atom stereocenters. The molecule has 1 heterocycles. The van der Waals surface area contributed by atoms with Gasteiger partial charge in [-0.2, -0.15) is 0 Å². The molecule has 0 saturated carbocycles. The van der Waals surface area contributed by atoms with Crippen LogP contribution in [-0.4, -0.2) is 42.5 Å². The minimum atomic E-state index is -0.855. The highest BCUT2D eigenvalue weighted by Gasteiger charge is 2.46. The molecular formula is C28H29N3O5. The molecule has 0 spiro atoms. The largest absolute Gasteiger partial charge is 0.497 e. The van der Waals surface area contributed by atoms with E-state index in [0.29, 0.717) is 29.1 Å². The normalized spacial score (nSPS) is 16.9. The summed E-state index contributed by atoms with van der Waals surface area (Å²) in [6.07, 6.45) is -1.39. The number of carbonyl (C=O) groups excluding carboxylic acids is 3. The SMILES string of the molecule is CCNC(=O)[C@@H]1[C@@H](c2cccc(NC(=O)c3ccc(OC)cc3)c2)OC(=O)N1Cc1ccc(C)cc1. The molecule has 1 fully saturated rings. The van der Waals surface area contributed by atoms with Crippen molar-refractivity contribution in [1.29, 1.82) is 0 Å². The van der Waals surface area contributed by atoms with Crippen LogP contribution in [0.5, 0.6) is 5.75 Å². The molecule has 3 amide bonds. The van der Waals surface area contributed by atoms with Crippen molar-refractivity contribution in [2.24, 2.45) is 0 Å². The van der Waals surface area contributed by atoms with Crippen molar-refractivity contribution in [2.75, 3.05) is 19.0 Å². The number of nitrogens with one attached hydrogen (secondary N) is 2. The minimum Gasteiger partial charge on any atom is -0.497 e. The predicted molar refractivity (Wildman–Crippen MR) is 136 cm³/mol. The molecule has 36 heavy (non-hydrogen) atoms. The van der Waals surface area contributed by atoms with Gasteiger partial charge in [0.1, 0.15) is 5.75 Å². The van der Waals surface area contributed by atoms with Crippen molar-refractivity contribution in [3.8, 4) is 5.75 Å². The number of ether oxygens (including phenoxy) is 2. The number of hydrogen-bond acceptors (Lipinski definition) is 5. The summed E-state index contributed by atoms with van der Waals surface area (Å²) in [6.45, 7) is 4.48. The van der Waals surface area contributed by atoms with Gasteiger partial charge in [-0.15, -0.1) is 0 Å². The maximum Gasteiger partial charge on any atom is 0.411 e. The third-order valence-electron chi connectivity index (χ3n) is 6.00. The van der Waals surface area contributed by atoms with Gasteiger partial charge in [-0.05, 0) is 61.4 Å². The second-order valence-corrected chi connectivity index (χ2v) is 8.57. The highest BCUT2D eigenvalue weighted by Crippen LogP contribution is 2.35. The lowest BCUT2D eigenvalue weighted by Crippen LogP contribution is -2.46. The monoisotopic (exact) mass is 487 g/mol. The van der Waals surface area contributed by atoms with Crippen LogP contribution in [0.3, 0.4) is 0 Å². The zero-order chi connectivity index (χ0) is 25.7. The number of amides is 3. The summed E-state index contributed by atoms with van der Waals surface area (Å²) >= 11 is 0. The summed E-state index contributed by atoms with van der Waals surface area (Å²) in [5.41, 5.74) is 3.61. The fourth-order valence-corrected chi connectivity index (χ4v) is 4.12. The topological polar surface area (TPSA) is 97.0 Å². The molecule has 0 bridgehead atoms. The molecule has 8 nitrogen and oxygen atoms in total. The van der Waals surface area contributed by atoms with Crippen LogP contribution in [0.1, 0.15) is 40.1 Å². The first kappa shape index (κ1) is 24.8. The Morgan fingerprint density at radius 3 is 2.42 bits per heavy atom. The molecule has 4 rings (SSSR count). The van der Waals surface area contributed by atoms with Gasteiger partial charge >= 0.3 is 6.09 Å². The molecular weight excluding hydrogens is 458 g/mol. The van der Waals surface area contributed by atoms with E-state index in [0.717, 1.165) is 11.1 Å². The Labute approximate surface area is 210 Å². The predicted octanol–water partition coefficient (Wildman–Crippen LogP) is 4.45. The van der Waals surface area contributed by atoms with Crippen molar-refractivity contribution in [3.63, 3.8) is 0 Å². The molecule has 0 aromatic heterocycles. The second kappa shape index (κ2) is 10.9. The number of likely N-dealkylation sites (N-methyl/N-ethyl adjacent to an activating group) is 1. The van der Waals surface area contributed by atoms with Gasteiger partial charge in [0.25, 0.3) is 5.91 Å². The zero-order valence-corrected chi connectivity index (χ0v) is 20.5. The maximum atomic E-state index is 13.1. The summed E-state index contributed by atoms with van der Waals surface area (Å²) in [5.74, 6) is 0.0656. The third-order valence-corrected chi connectivity index (χ3v) is 6.00. The first-order chi connectivity index (χ1) is 17.4. The quantitative estimate of drug-likeness (QED) is 0.489. The maximum absolute atomic E-state index is 13.1. The lowest BCUT2D eigenvalue weighted by Gasteiger charge is -2.24. The van der Waals surface area contributed by atoms with E-state index in [1.807, 2.05) is 38.1 Å². The van der Waals surface area contributed by atoms with Crippen LogP contribution in [0.2, 0.25) is 0 Å². The van der Waals surface area contributed by atoms with E-state index in [2.05, 4.69) is 10.6 Å². The van der Waals surface area contributed by atoms with Gasteiger partial charge < -0.3 is 20.1 Å². The summed E-state index contributed by atoms with van der Waals surface area (Å²) < 4.78 is 10.8. The van der Waals surface area contributed by atoms with Crippen LogP contribution in [0, 0.1) is 6.92 Å². The summed E-state index contributed by atoms with van der Waals surface area (Å²) in [6, 6.07) is 20.7. The first-order valence-electron chi connectivity index (χ1n) is 11.8. The molecule has 2 N–H and O–H groups in total. The van der Waals surface area contributed by atoms with Gasteiger partial charge in [0, 0.05) is 17.8 Å². The summed E-state index contributed by atoms with van der Waals surface area (Å²) in [4.78, 5) is 40.1. The third kappa shape index (κ3) is 5.49. The highest BCUT2D eigenvalue weighted by molar-refractivity contribution is 6.04. The first-order valence-corrected chi connectivity index (χ1v) is 11.8. The number of cyclic esters (lactones) is 1. The fourth-order valence-electron chi connectivity index (χ4n) is 4.12.